The summed E-state index contributed by atoms with van der Waals surface area (Å²) in [5, 5.41) is 4.14. The third-order valence-corrected chi connectivity index (χ3v) is 5.11. The molecule has 7 nitrogen and oxygen atoms in total. The fraction of sp³-hybridized carbons (Fsp3) is 0.231. The van der Waals surface area contributed by atoms with Gasteiger partial charge in [0, 0.05) is 10.2 Å². The Labute approximate surface area is 136 Å². The number of amides is 1. The number of carbonyl (C=O) groups excluding carboxylic acids is 1. The van der Waals surface area contributed by atoms with Crippen LogP contribution in [0.1, 0.15) is 11.4 Å². The SMILES string of the molecule is Cc1cc(C)n(CC(=O)NNS(=O)(=O)c2ccccc2Br)n1. The van der Waals surface area contributed by atoms with E-state index in [4.69, 9.17) is 0 Å². The van der Waals surface area contributed by atoms with Gasteiger partial charge in [0.1, 0.15) is 6.54 Å². The largest absolute Gasteiger partial charge is 0.276 e. The minimum Gasteiger partial charge on any atom is -0.276 e. The second-order valence-electron chi connectivity index (χ2n) is 4.67. The van der Waals surface area contributed by atoms with E-state index >= 15 is 0 Å². The smallest absolute Gasteiger partial charge is 0.258 e. The summed E-state index contributed by atoms with van der Waals surface area (Å²) in [6.07, 6.45) is 0. The number of halogens is 1. The minimum atomic E-state index is -3.84. The molecule has 0 aliphatic carbocycles. The molecule has 1 aromatic carbocycles. The molecule has 2 aromatic rings. The monoisotopic (exact) mass is 386 g/mol. The van der Waals surface area contributed by atoms with Crippen LogP contribution in [0.4, 0.5) is 0 Å². The lowest BCUT2D eigenvalue weighted by atomic mass is 10.4. The number of benzene rings is 1. The standard InChI is InChI=1S/C13H15BrN4O3S/c1-9-7-10(2)18(16-9)8-13(19)15-17-22(20,21)12-6-4-3-5-11(12)14/h3-7,17H,8H2,1-2H3,(H,15,19). The number of aromatic nitrogens is 2. The molecule has 1 amide bonds. The predicted molar refractivity (Wildman–Crippen MR) is 84.3 cm³/mol. The quantitative estimate of drug-likeness (QED) is 0.756. The third kappa shape index (κ3) is 3.93. The molecule has 2 N–H and O–H groups in total. The maximum Gasteiger partial charge on any atom is 0.258 e. The number of hydrazine groups is 1. The van der Waals surface area contributed by atoms with Gasteiger partial charge in [0.15, 0.2) is 0 Å². The summed E-state index contributed by atoms with van der Waals surface area (Å²) in [5.74, 6) is -0.512. The Morgan fingerprint density at radius 3 is 2.59 bits per heavy atom. The number of hydrogen-bond acceptors (Lipinski definition) is 4. The van der Waals surface area contributed by atoms with Gasteiger partial charge in [-0.2, -0.15) is 5.10 Å². The number of aryl methyl sites for hydroxylation is 2. The van der Waals surface area contributed by atoms with Gasteiger partial charge in [-0.05, 0) is 48.0 Å². The predicted octanol–water partition coefficient (Wildman–Crippen LogP) is 1.27. The second kappa shape index (κ2) is 6.59. The molecule has 0 atom stereocenters. The molecule has 0 aliphatic rings. The Bertz CT molecular complexity index is 801. The highest BCUT2D eigenvalue weighted by Gasteiger charge is 2.18. The van der Waals surface area contributed by atoms with Crippen molar-refractivity contribution < 1.29 is 13.2 Å². The third-order valence-electron chi connectivity index (χ3n) is 2.85. The van der Waals surface area contributed by atoms with Crippen molar-refractivity contribution in [2.24, 2.45) is 0 Å². The van der Waals surface area contributed by atoms with Crippen LogP contribution in [0.15, 0.2) is 39.7 Å². The average molecular weight is 387 g/mol. The van der Waals surface area contributed by atoms with Gasteiger partial charge >= 0.3 is 0 Å². The van der Waals surface area contributed by atoms with Crippen LogP contribution in [-0.4, -0.2) is 24.1 Å². The zero-order valence-electron chi connectivity index (χ0n) is 12.0. The first kappa shape index (κ1) is 16.7. The summed E-state index contributed by atoms with van der Waals surface area (Å²) in [7, 11) is -3.84. The molecule has 0 spiro atoms. The van der Waals surface area contributed by atoms with E-state index in [9.17, 15) is 13.2 Å². The molecule has 118 valence electrons. The summed E-state index contributed by atoms with van der Waals surface area (Å²) < 4.78 is 26.1. The van der Waals surface area contributed by atoms with Gasteiger partial charge in [-0.15, -0.1) is 4.83 Å². The topological polar surface area (TPSA) is 93.1 Å². The van der Waals surface area contributed by atoms with E-state index in [0.717, 1.165) is 11.4 Å². The van der Waals surface area contributed by atoms with Crippen LogP contribution in [0, 0.1) is 13.8 Å². The van der Waals surface area contributed by atoms with Gasteiger partial charge < -0.3 is 0 Å². The zero-order valence-corrected chi connectivity index (χ0v) is 14.4. The Hall–Kier alpha value is -1.71. The molecule has 9 heteroatoms. The number of nitrogens with one attached hydrogen (secondary N) is 2. The number of nitrogens with zero attached hydrogens (tertiary/aromatic N) is 2. The van der Waals surface area contributed by atoms with Crippen molar-refractivity contribution in [3.05, 3.63) is 46.2 Å². The van der Waals surface area contributed by atoms with Crippen molar-refractivity contribution in [1.29, 1.82) is 0 Å². The Morgan fingerprint density at radius 1 is 1.32 bits per heavy atom. The summed E-state index contributed by atoms with van der Waals surface area (Å²) in [6.45, 7) is 3.56. The highest BCUT2D eigenvalue weighted by Crippen LogP contribution is 2.20. The molecule has 1 heterocycles. The zero-order chi connectivity index (χ0) is 16.3. The fourth-order valence-corrected chi connectivity index (χ4v) is 3.72. The van der Waals surface area contributed by atoms with Crippen LogP contribution in [0.5, 0.6) is 0 Å². The highest BCUT2D eigenvalue weighted by atomic mass is 79.9. The van der Waals surface area contributed by atoms with Crippen molar-refractivity contribution in [3.8, 4) is 0 Å². The van der Waals surface area contributed by atoms with Gasteiger partial charge in [0.2, 0.25) is 0 Å². The number of sulfonamides is 1. The lowest BCUT2D eigenvalue weighted by molar-refractivity contribution is -0.122. The van der Waals surface area contributed by atoms with Gasteiger partial charge in [0.25, 0.3) is 15.9 Å². The molecule has 1 aromatic heterocycles. The molecule has 2 rings (SSSR count). The summed E-state index contributed by atoms with van der Waals surface area (Å²) in [4.78, 5) is 13.9. The van der Waals surface area contributed by atoms with E-state index < -0.39 is 15.9 Å². The van der Waals surface area contributed by atoms with Crippen LogP contribution in [0.3, 0.4) is 0 Å². The lowest BCUT2D eigenvalue weighted by Crippen LogP contribution is -2.43. The van der Waals surface area contributed by atoms with Gasteiger partial charge in [0.05, 0.1) is 10.6 Å². The lowest BCUT2D eigenvalue weighted by Gasteiger charge is -2.10. The average Bonchev–Trinajstić information content (AvgIpc) is 2.75. The molecule has 0 unspecified atom stereocenters. The molecule has 0 aliphatic heterocycles. The first-order valence-corrected chi connectivity index (χ1v) is 8.63. The Morgan fingerprint density at radius 2 is 2.00 bits per heavy atom. The van der Waals surface area contributed by atoms with Crippen LogP contribution in [0.2, 0.25) is 0 Å². The van der Waals surface area contributed by atoms with E-state index in [0.29, 0.717) is 4.47 Å². The van der Waals surface area contributed by atoms with Crippen molar-refractivity contribution in [2.45, 2.75) is 25.3 Å². The Balaban J connectivity index is 2.02. The highest BCUT2D eigenvalue weighted by molar-refractivity contribution is 9.10. The summed E-state index contributed by atoms with van der Waals surface area (Å²) in [5.41, 5.74) is 3.79. The Kier molecular flexibility index (Phi) is 4.99. The minimum absolute atomic E-state index is 0.0430. The molecule has 0 bridgehead atoms. The van der Waals surface area contributed by atoms with E-state index in [2.05, 4.69) is 31.3 Å². The van der Waals surface area contributed by atoms with Crippen LogP contribution in [-0.2, 0) is 21.4 Å². The van der Waals surface area contributed by atoms with Gasteiger partial charge in [-0.25, -0.2) is 8.42 Å². The first-order valence-electron chi connectivity index (χ1n) is 6.36. The fourth-order valence-electron chi connectivity index (χ4n) is 1.85. The second-order valence-corrected chi connectivity index (χ2v) is 7.17. The number of carbonyl (C=O) groups is 1. The van der Waals surface area contributed by atoms with Crippen molar-refractivity contribution >= 4 is 31.9 Å². The van der Waals surface area contributed by atoms with E-state index in [1.54, 1.807) is 18.2 Å². The van der Waals surface area contributed by atoms with Crippen molar-refractivity contribution in [3.63, 3.8) is 0 Å². The number of rotatable bonds is 5. The van der Waals surface area contributed by atoms with Gasteiger partial charge in [-0.1, -0.05) is 12.1 Å². The summed E-state index contributed by atoms with van der Waals surface area (Å²) >= 11 is 3.16. The van der Waals surface area contributed by atoms with Crippen molar-refractivity contribution in [2.75, 3.05) is 0 Å². The summed E-state index contributed by atoms with van der Waals surface area (Å²) in [6, 6.07) is 8.16. The first-order chi connectivity index (χ1) is 10.3. The van der Waals surface area contributed by atoms with Crippen LogP contribution < -0.4 is 10.3 Å². The molecule has 22 heavy (non-hydrogen) atoms. The molecular weight excluding hydrogens is 372 g/mol. The van der Waals surface area contributed by atoms with Gasteiger partial charge in [-0.3, -0.25) is 14.9 Å². The molecule has 0 fully saturated rings. The van der Waals surface area contributed by atoms with E-state index in [1.165, 1.54) is 10.7 Å². The molecule has 0 saturated carbocycles. The maximum absolute atomic E-state index is 12.1. The molecule has 0 radical (unpaired) electrons. The normalized spacial score (nSPS) is 11.4. The van der Waals surface area contributed by atoms with Crippen LogP contribution in [0.25, 0.3) is 0 Å². The molecular formula is C13H15BrN4O3S. The number of hydrogen-bond donors (Lipinski definition) is 2. The molecule has 0 saturated heterocycles. The van der Waals surface area contributed by atoms with E-state index in [1.807, 2.05) is 19.9 Å². The maximum atomic E-state index is 12.1. The van der Waals surface area contributed by atoms with E-state index in [-0.39, 0.29) is 11.4 Å². The van der Waals surface area contributed by atoms with Crippen LogP contribution >= 0.6 is 15.9 Å². The van der Waals surface area contributed by atoms with Crippen molar-refractivity contribution in [1.82, 2.24) is 20.0 Å².